The van der Waals surface area contributed by atoms with Gasteiger partial charge in [0.1, 0.15) is 24.7 Å². The molecule has 2 aromatic carbocycles. The zero-order valence-corrected chi connectivity index (χ0v) is 17.1. The van der Waals surface area contributed by atoms with Crippen molar-refractivity contribution in [2.75, 3.05) is 29.2 Å². The van der Waals surface area contributed by atoms with E-state index in [1.807, 2.05) is 0 Å². The van der Waals surface area contributed by atoms with Gasteiger partial charge in [0.15, 0.2) is 11.6 Å². The maximum absolute atomic E-state index is 14.3. The highest BCUT2D eigenvalue weighted by Crippen LogP contribution is 2.23. The summed E-state index contributed by atoms with van der Waals surface area (Å²) in [5.41, 5.74) is 1.81. The second-order valence-corrected chi connectivity index (χ2v) is 6.72. The van der Waals surface area contributed by atoms with Crippen LogP contribution in [0.2, 0.25) is 0 Å². The van der Waals surface area contributed by atoms with E-state index in [9.17, 15) is 14.6 Å². The average Bonchev–Trinajstić information content (AvgIpc) is 2.80. The van der Waals surface area contributed by atoms with Crippen molar-refractivity contribution < 1.29 is 24.4 Å². The first-order valence-electron chi connectivity index (χ1n) is 9.72. The number of rotatable bonds is 11. The summed E-state index contributed by atoms with van der Waals surface area (Å²) in [5, 5.41) is 36.5. The van der Waals surface area contributed by atoms with Gasteiger partial charge in [-0.25, -0.2) is 9.37 Å². The van der Waals surface area contributed by atoms with Crippen molar-refractivity contribution in [3.63, 3.8) is 0 Å². The van der Waals surface area contributed by atoms with Crippen LogP contribution in [0.3, 0.4) is 0 Å². The zero-order valence-electron chi connectivity index (χ0n) is 17.1. The Labute approximate surface area is 184 Å². The summed E-state index contributed by atoms with van der Waals surface area (Å²) in [4.78, 5) is 8.13. The molecule has 0 aliphatic heterocycles. The van der Waals surface area contributed by atoms with Crippen molar-refractivity contribution in [3.05, 3.63) is 73.2 Å². The number of benzene rings is 2. The monoisotopic (exact) mass is 441 g/mol. The van der Waals surface area contributed by atoms with Crippen LogP contribution >= 0.6 is 0 Å². The van der Waals surface area contributed by atoms with Crippen LogP contribution in [0.25, 0.3) is 0 Å². The number of aliphatic hydroxyl groups excluding tert-OH is 3. The quantitative estimate of drug-likeness (QED) is 0.196. The Morgan fingerprint density at radius 3 is 2.53 bits per heavy atom. The Kier molecular flexibility index (Phi) is 7.92. The number of hydrogen-bond acceptors (Lipinski definition) is 9. The molecule has 10 heteroatoms. The summed E-state index contributed by atoms with van der Waals surface area (Å²) in [6.07, 6.45) is 0.539. The van der Waals surface area contributed by atoms with E-state index in [0.717, 1.165) is 6.20 Å². The SMILES string of the molecule is C=CC(O)Nc1cccc(Nc2nc(Nc3ccc(OCC(O)CO)cc3)ncc2F)c1. The van der Waals surface area contributed by atoms with E-state index >= 15 is 0 Å². The van der Waals surface area contributed by atoms with Crippen LogP contribution in [-0.4, -0.2) is 50.8 Å². The third kappa shape index (κ3) is 6.64. The van der Waals surface area contributed by atoms with Crippen LogP contribution in [0.1, 0.15) is 0 Å². The lowest BCUT2D eigenvalue weighted by atomic mass is 10.2. The fourth-order valence-corrected chi connectivity index (χ4v) is 2.58. The molecule has 2 atom stereocenters. The summed E-state index contributed by atoms with van der Waals surface area (Å²) in [5.74, 6) is 0.0308. The lowest BCUT2D eigenvalue weighted by Gasteiger charge is -2.13. The maximum Gasteiger partial charge on any atom is 0.229 e. The molecule has 3 aromatic rings. The van der Waals surface area contributed by atoms with Gasteiger partial charge in [-0.1, -0.05) is 12.6 Å². The van der Waals surface area contributed by atoms with Crippen LogP contribution in [0.5, 0.6) is 5.75 Å². The van der Waals surface area contributed by atoms with E-state index in [-0.39, 0.29) is 25.0 Å². The van der Waals surface area contributed by atoms with Crippen LogP contribution in [0, 0.1) is 5.82 Å². The van der Waals surface area contributed by atoms with Gasteiger partial charge in [-0.3, -0.25) is 0 Å². The third-order valence-corrected chi connectivity index (χ3v) is 4.17. The molecule has 0 fully saturated rings. The van der Waals surface area contributed by atoms with Crippen molar-refractivity contribution in [2.45, 2.75) is 12.3 Å². The van der Waals surface area contributed by atoms with Crippen molar-refractivity contribution in [2.24, 2.45) is 0 Å². The number of anilines is 5. The van der Waals surface area contributed by atoms with E-state index < -0.39 is 18.1 Å². The Hall–Kier alpha value is -3.73. The Bertz CT molecular complexity index is 1040. The van der Waals surface area contributed by atoms with Gasteiger partial charge in [0.25, 0.3) is 0 Å². The minimum absolute atomic E-state index is 0.0252. The van der Waals surface area contributed by atoms with Gasteiger partial charge < -0.3 is 36.0 Å². The second kappa shape index (κ2) is 11.0. The molecule has 0 bridgehead atoms. The van der Waals surface area contributed by atoms with E-state index in [1.165, 1.54) is 6.08 Å². The lowest BCUT2D eigenvalue weighted by Crippen LogP contribution is -2.21. The standard InChI is InChI=1S/C22H24FN5O4/c1-2-20(31)25-15-4-3-5-16(10-15)26-21-19(23)11-24-22(28-21)27-14-6-8-18(9-7-14)32-13-17(30)12-29/h2-11,17,20,25,29-31H,1,12-13H2,(H2,24,26,27,28). The summed E-state index contributed by atoms with van der Waals surface area (Å²) < 4.78 is 19.6. The van der Waals surface area contributed by atoms with E-state index in [0.29, 0.717) is 22.8 Å². The summed E-state index contributed by atoms with van der Waals surface area (Å²) in [7, 11) is 0. The van der Waals surface area contributed by atoms with Gasteiger partial charge in [0.2, 0.25) is 5.95 Å². The molecule has 0 aliphatic carbocycles. The van der Waals surface area contributed by atoms with Crippen LogP contribution < -0.4 is 20.7 Å². The van der Waals surface area contributed by atoms with Crippen molar-refractivity contribution in [1.82, 2.24) is 9.97 Å². The van der Waals surface area contributed by atoms with Crippen molar-refractivity contribution in [3.8, 4) is 5.75 Å². The Morgan fingerprint density at radius 1 is 1.06 bits per heavy atom. The number of halogens is 1. The van der Waals surface area contributed by atoms with Gasteiger partial charge in [0, 0.05) is 17.1 Å². The topological polar surface area (TPSA) is 132 Å². The summed E-state index contributed by atoms with van der Waals surface area (Å²) in [6.45, 7) is 3.09. The van der Waals surface area contributed by atoms with Gasteiger partial charge in [-0.2, -0.15) is 4.98 Å². The molecular weight excluding hydrogens is 417 g/mol. The van der Waals surface area contributed by atoms with Crippen LogP contribution in [0.15, 0.2) is 67.4 Å². The molecule has 0 spiro atoms. The maximum atomic E-state index is 14.3. The number of aromatic nitrogens is 2. The first kappa shape index (κ1) is 22.9. The minimum Gasteiger partial charge on any atom is -0.491 e. The Morgan fingerprint density at radius 2 is 1.81 bits per heavy atom. The van der Waals surface area contributed by atoms with E-state index in [4.69, 9.17) is 9.84 Å². The normalized spacial score (nSPS) is 12.5. The molecule has 0 amide bonds. The second-order valence-electron chi connectivity index (χ2n) is 6.72. The van der Waals surface area contributed by atoms with Gasteiger partial charge in [-0.15, -0.1) is 0 Å². The van der Waals surface area contributed by atoms with Gasteiger partial charge in [0.05, 0.1) is 12.8 Å². The van der Waals surface area contributed by atoms with Crippen LogP contribution in [0.4, 0.5) is 33.2 Å². The molecule has 2 unspecified atom stereocenters. The number of ether oxygens (including phenoxy) is 1. The molecule has 6 N–H and O–H groups in total. The molecule has 32 heavy (non-hydrogen) atoms. The number of nitrogens with one attached hydrogen (secondary N) is 3. The molecule has 0 saturated carbocycles. The highest BCUT2D eigenvalue weighted by molar-refractivity contribution is 5.64. The van der Waals surface area contributed by atoms with Gasteiger partial charge in [-0.05, 0) is 48.5 Å². The van der Waals surface area contributed by atoms with Crippen molar-refractivity contribution >= 4 is 28.8 Å². The molecule has 0 radical (unpaired) electrons. The highest BCUT2D eigenvalue weighted by Gasteiger charge is 2.09. The molecule has 3 rings (SSSR count). The molecule has 0 saturated heterocycles. The molecule has 1 aromatic heterocycles. The predicted molar refractivity (Wildman–Crippen MR) is 120 cm³/mol. The predicted octanol–water partition coefficient (Wildman–Crippen LogP) is 2.75. The van der Waals surface area contributed by atoms with Gasteiger partial charge >= 0.3 is 0 Å². The fraction of sp³-hybridized carbons (Fsp3) is 0.182. The van der Waals surface area contributed by atoms with Crippen LogP contribution in [-0.2, 0) is 0 Å². The minimum atomic E-state index is -0.949. The fourth-order valence-electron chi connectivity index (χ4n) is 2.58. The highest BCUT2D eigenvalue weighted by atomic mass is 19.1. The molecule has 9 nitrogen and oxygen atoms in total. The smallest absolute Gasteiger partial charge is 0.229 e. The average molecular weight is 441 g/mol. The lowest BCUT2D eigenvalue weighted by molar-refractivity contribution is 0.0536. The molecular formula is C22H24FN5O4. The summed E-state index contributed by atoms with van der Waals surface area (Å²) in [6, 6.07) is 13.7. The Balaban J connectivity index is 1.67. The number of aliphatic hydroxyl groups is 3. The number of hydrogen-bond donors (Lipinski definition) is 6. The largest absolute Gasteiger partial charge is 0.491 e. The first-order chi connectivity index (χ1) is 15.5. The molecule has 1 heterocycles. The zero-order chi connectivity index (χ0) is 22.9. The van der Waals surface area contributed by atoms with E-state index in [2.05, 4.69) is 32.5 Å². The third-order valence-electron chi connectivity index (χ3n) is 4.17. The summed E-state index contributed by atoms with van der Waals surface area (Å²) >= 11 is 0. The molecule has 0 aliphatic rings. The molecule has 168 valence electrons. The number of nitrogens with zero attached hydrogens (tertiary/aromatic N) is 2. The first-order valence-corrected chi connectivity index (χ1v) is 9.72. The van der Waals surface area contributed by atoms with Crippen molar-refractivity contribution in [1.29, 1.82) is 0 Å². The van der Waals surface area contributed by atoms with E-state index in [1.54, 1.807) is 48.5 Å².